The van der Waals surface area contributed by atoms with Crippen molar-refractivity contribution in [3.05, 3.63) is 65.9 Å². The van der Waals surface area contributed by atoms with Crippen molar-refractivity contribution in [1.82, 2.24) is 9.62 Å². The van der Waals surface area contributed by atoms with Crippen LogP contribution < -0.4 is 5.32 Å². The number of hydrogen-bond donors (Lipinski definition) is 1. The topological polar surface area (TPSA) is 79.6 Å². The molecule has 0 saturated heterocycles. The number of rotatable bonds is 5. The maximum atomic E-state index is 12.4. The Hall–Kier alpha value is -2.64. The molecule has 0 aliphatic rings. The summed E-state index contributed by atoms with van der Waals surface area (Å²) in [6.07, 6.45) is 0. The molecule has 1 atom stereocenters. The fourth-order valence-corrected chi connectivity index (χ4v) is 3.46. The molecule has 2 aromatic carbocycles. The minimum absolute atomic E-state index is 0.143. The van der Waals surface area contributed by atoms with Crippen LogP contribution in [-0.2, 0) is 10.0 Å². The van der Waals surface area contributed by atoms with E-state index in [4.69, 9.17) is 4.42 Å². The minimum Gasteiger partial charge on any atom is -0.459 e. The monoisotopic (exact) mass is 372 g/mol. The van der Waals surface area contributed by atoms with E-state index in [0.717, 1.165) is 15.3 Å². The third-order valence-electron chi connectivity index (χ3n) is 4.11. The molecule has 1 amide bonds. The first-order chi connectivity index (χ1) is 12.3. The largest absolute Gasteiger partial charge is 0.459 e. The predicted molar refractivity (Wildman–Crippen MR) is 99.4 cm³/mol. The van der Waals surface area contributed by atoms with E-state index in [0.29, 0.717) is 11.3 Å². The molecular weight excluding hydrogens is 352 g/mol. The molecule has 1 aromatic heterocycles. The number of hydrogen-bond acceptors (Lipinski definition) is 4. The van der Waals surface area contributed by atoms with E-state index in [-0.39, 0.29) is 16.8 Å². The highest BCUT2D eigenvalue weighted by molar-refractivity contribution is 7.89. The standard InChI is InChI=1S/C19H20N2O4S/c1-13(18-12-15-6-4-5-7-17(15)25-18)20-19(22)14-8-10-16(11-9-14)26(23,24)21(2)3/h4-13H,1-3H3,(H,20,22). The molecule has 0 aliphatic carbocycles. The molecule has 3 rings (SSSR count). The Labute approximate surface area is 152 Å². The van der Waals surface area contributed by atoms with E-state index in [1.807, 2.05) is 37.3 Å². The number of amides is 1. The van der Waals surface area contributed by atoms with Crippen LogP contribution in [-0.4, -0.2) is 32.7 Å². The van der Waals surface area contributed by atoms with Gasteiger partial charge in [0.2, 0.25) is 10.0 Å². The lowest BCUT2D eigenvalue weighted by Crippen LogP contribution is -2.26. The molecule has 0 radical (unpaired) electrons. The van der Waals surface area contributed by atoms with Gasteiger partial charge in [-0.1, -0.05) is 18.2 Å². The van der Waals surface area contributed by atoms with Crippen molar-refractivity contribution in [1.29, 1.82) is 0 Å². The van der Waals surface area contributed by atoms with Crippen molar-refractivity contribution in [2.75, 3.05) is 14.1 Å². The average Bonchev–Trinajstić information content (AvgIpc) is 3.06. The fraction of sp³-hybridized carbons (Fsp3) is 0.211. The van der Waals surface area contributed by atoms with Gasteiger partial charge in [0.1, 0.15) is 11.3 Å². The van der Waals surface area contributed by atoms with Crippen molar-refractivity contribution in [2.24, 2.45) is 0 Å². The molecule has 0 fully saturated rings. The van der Waals surface area contributed by atoms with Crippen molar-refractivity contribution < 1.29 is 17.6 Å². The molecule has 7 heteroatoms. The van der Waals surface area contributed by atoms with E-state index in [2.05, 4.69) is 5.32 Å². The first-order valence-corrected chi connectivity index (χ1v) is 9.55. The van der Waals surface area contributed by atoms with Crippen LogP contribution in [0.25, 0.3) is 11.0 Å². The van der Waals surface area contributed by atoms with Gasteiger partial charge in [0.05, 0.1) is 10.9 Å². The van der Waals surface area contributed by atoms with Crippen LogP contribution in [0.3, 0.4) is 0 Å². The number of nitrogens with zero attached hydrogens (tertiary/aromatic N) is 1. The van der Waals surface area contributed by atoms with E-state index in [1.165, 1.54) is 38.4 Å². The van der Waals surface area contributed by atoms with Gasteiger partial charge in [-0.25, -0.2) is 12.7 Å². The second-order valence-corrected chi connectivity index (χ2v) is 8.35. The third-order valence-corrected chi connectivity index (χ3v) is 5.94. The first kappa shape index (κ1) is 18.2. The summed E-state index contributed by atoms with van der Waals surface area (Å²) in [7, 11) is -0.587. The second-order valence-electron chi connectivity index (χ2n) is 6.19. The van der Waals surface area contributed by atoms with Gasteiger partial charge in [-0.3, -0.25) is 4.79 Å². The van der Waals surface area contributed by atoms with Crippen molar-refractivity contribution in [3.63, 3.8) is 0 Å². The van der Waals surface area contributed by atoms with Crippen LogP contribution in [0.5, 0.6) is 0 Å². The Morgan fingerprint density at radius 1 is 1.08 bits per heavy atom. The number of nitrogens with one attached hydrogen (secondary N) is 1. The number of para-hydroxylation sites is 1. The summed E-state index contributed by atoms with van der Waals surface area (Å²) in [6.45, 7) is 1.83. The Kier molecular flexibility index (Phi) is 4.84. The van der Waals surface area contributed by atoms with E-state index < -0.39 is 10.0 Å². The minimum atomic E-state index is -3.51. The maximum absolute atomic E-state index is 12.4. The molecular formula is C19H20N2O4S. The molecule has 0 spiro atoms. The lowest BCUT2D eigenvalue weighted by Gasteiger charge is -2.13. The van der Waals surface area contributed by atoms with E-state index in [9.17, 15) is 13.2 Å². The highest BCUT2D eigenvalue weighted by Gasteiger charge is 2.19. The van der Waals surface area contributed by atoms with Gasteiger partial charge in [0, 0.05) is 25.0 Å². The Balaban J connectivity index is 1.75. The van der Waals surface area contributed by atoms with Crippen LogP contribution in [0.2, 0.25) is 0 Å². The third kappa shape index (κ3) is 3.49. The molecule has 6 nitrogen and oxygen atoms in total. The number of carbonyl (C=O) groups is 1. The van der Waals surface area contributed by atoms with Gasteiger partial charge < -0.3 is 9.73 Å². The zero-order chi connectivity index (χ0) is 18.9. The molecule has 0 aliphatic heterocycles. The summed E-state index contributed by atoms with van der Waals surface area (Å²) in [5, 5.41) is 3.84. The Morgan fingerprint density at radius 2 is 1.73 bits per heavy atom. The van der Waals surface area contributed by atoms with Gasteiger partial charge in [-0.2, -0.15) is 0 Å². The number of fused-ring (bicyclic) bond motifs is 1. The Bertz CT molecular complexity index is 1000. The molecule has 3 aromatic rings. The summed E-state index contributed by atoms with van der Waals surface area (Å²) in [6, 6.07) is 15.1. The molecule has 1 unspecified atom stereocenters. The summed E-state index contributed by atoms with van der Waals surface area (Å²) in [5.74, 6) is 0.359. The number of carbonyl (C=O) groups excluding carboxylic acids is 1. The number of sulfonamides is 1. The second kappa shape index (κ2) is 6.93. The van der Waals surface area contributed by atoms with Gasteiger partial charge in [-0.15, -0.1) is 0 Å². The van der Waals surface area contributed by atoms with Gasteiger partial charge in [0.15, 0.2) is 0 Å². The quantitative estimate of drug-likeness (QED) is 0.746. The Morgan fingerprint density at radius 3 is 2.35 bits per heavy atom. The average molecular weight is 372 g/mol. The van der Waals surface area contributed by atoms with E-state index in [1.54, 1.807) is 0 Å². The van der Waals surface area contributed by atoms with Crippen LogP contribution in [0.1, 0.15) is 29.1 Å². The molecule has 0 bridgehead atoms. The highest BCUT2D eigenvalue weighted by Crippen LogP contribution is 2.24. The van der Waals surface area contributed by atoms with E-state index >= 15 is 0 Å². The van der Waals surface area contributed by atoms with Crippen molar-refractivity contribution >= 4 is 26.9 Å². The molecule has 0 saturated carbocycles. The van der Waals surface area contributed by atoms with Gasteiger partial charge in [-0.05, 0) is 43.3 Å². The summed E-state index contributed by atoms with van der Waals surface area (Å²) >= 11 is 0. The number of benzene rings is 2. The molecule has 26 heavy (non-hydrogen) atoms. The summed E-state index contributed by atoms with van der Waals surface area (Å²) < 4.78 is 31.0. The first-order valence-electron chi connectivity index (χ1n) is 8.11. The zero-order valence-electron chi connectivity index (χ0n) is 14.8. The maximum Gasteiger partial charge on any atom is 0.251 e. The lowest BCUT2D eigenvalue weighted by atomic mass is 10.1. The molecule has 136 valence electrons. The summed E-state index contributed by atoms with van der Waals surface area (Å²) in [4.78, 5) is 12.6. The van der Waals surface area contributed by atoms with Crippen LogP contribution >= 0.6 is 0 Å². The van der Waals surface area contributed by atoms with Crippen molar-refractivity contribution in [3.8, 4) is 0 Å². The number of furan rings is 1. The zero-order valence-corrected chi connectivity index (χ0v) is 15.6. The van der Waals surface area contributed by atoms with Crippen LogP contribution in [0.4, 0.5) is 0 Å². The molecule has 1 N–H and O–H groups in total. The smallest absolute Gasteiger partial charge is 0.251 e. The van der Waals surface area contributed by atoms with Crippen LogP contribution in [0.15, 0.2) is 63.9 Å². The predicted octanol–water partition coefficient (Wildman–Crippen LogP) is 3.17. The highest BCUT2D eigenvalue weighted by atomic mass is 32.2. The lowest BCUT2D eigenvalue weighted by molar-refractivity contribution is 0.0935. The van der Waals surface area contributed by atoms with Gasteiger partial charge >= 0.3 is 0 Å². The van der Waals surface area contributed by atoms with Crippen molar-refractivity contribution in [2.45, 2.75) is 17.9 Å². The van der Waals surface area contributed by atoms with Gasteiger partial charge in [0.25, 0.3) is 5.91 Å². The SMILES string of the molecule is CC(NC(=O)c1ccc(S(=O)(=O)N(C)C)cc1)c1cc2ccccc2o1. The summed E-state index contributed by atoms with van der Waals surface area (Å²) in [5.41, 5.74) is 1.15. The fourth-order valence-electron chi connectivity index (χ4n) is 2.56. The van der Waals surface area contributed by atoms with Crippen LogP contribution in [0, 0.1) is 0 Å². The molecule has 1 heterocycles. The normalized spacial score (nSPS) is 13.1.